The standard InChI is InChI=1S/C13H16N4/c1-9-10(2)16-12(17-13(9)14-3)8-11-4-6-15-7-5-11/h4-7H,8H2,1-3H3,(H,14,16,17). The molecule has 88 valence electrons. The Kier molecular flexibility index (Phi) is 3.32. The quantitative estimate of drug-likeness (QED) is 0.874. The van der Waals surface area contributed by atoms with Crippen LogP contribution in [0.15, 0.2) is 24.5 Å². The van der Waals surface area contributed by atoms with Crippen LogP contribution in [0.3, 0.4) is 0 Å². The van der Waals surface area contributed by atoms with E-state index in [2.05, 4.69) is 20.3 Å². The minimum absolute atomic E-state index is 0.734. The van der Waals surface area contributed by atoms with Crippen LogP contribution in [0.25, 0.3) is 0 Å². The molecule has 1 N–H and O–H groups in total. The van der Waals surface area contributed by atoms with Crippen LogP contribution in [0.1, 0.15) is 22.6 Å². The van der Waals surface area contributed by atoms with Crippen molar-refractivity contribution in [1.29, 1.82) is 0 Å². The van der Waals surface area contributed by atoms with Crippen LogP contribution in [0.2, 0.25) is 0 Å². The summed E-state index contributed by atoms with van der Waals surface area (Å²) in [4.78, 5) is 13.0. The predicted molar refractivity (Wildman–Crippen MR) is 68.1 cm³/mol. The molecular weight excluding hydrogens is 212 g/mol. The summed E-state index contributed by atoms with van der Waals surface area (Å²) in [5.74, 6) is 1.74. The van der Waals surface area contributed by atoms with Gasteiger partial charge in [0, 0.05) is 37.1 Å². The van der Waals surface area contributed by atoms with Crippen LogP contribution in [0.5, 0.6) is 0 Å². The summed E-state index contributed by atoms with van der Waals surface area (Å²) in [5.41, 5.74) is 3.30. The van der Waals surface area contributed by atoms with Crippen molar-refractivity contribution >= 4 is 5.82 Å². The molecule has 17 heavy (non-hydrogen) atoms. The van der Waals surface area contributed by atoms with E-state index in [1.807, 2.05) is 33.0 Å². The predicted octanol–water partition coefficient (Wildman–Crippen LogP) is 2.12. The second kappa shape index (κ2) is 4.91. The fourth-order valence-electron chi connectivity index (χ4n) is 1.69. The summed E-state index contributed by atoms with van der Waals surface area (Å²) in [6.45, 7) is 4.03. The molecule has 0 aliphatic carbocycles. The first-order valence-electron chi connectivity index (χ1n) is 5.61. The van der Waals surface area contributed by atoms with Gasteiger partial charge < -0.3 is 5.32 Å². The Hall–Kier alpha value is -1.97. The molecule has 0 aliphatic heterocycles. The summed E-state index contributed by atoms with van der Waals surface area (Å²) in [6, 6.07) is 3.97. The SMILES string of the molecule is CNc1nc(Cc2ccncc2)nc(C)c1C. The Labute approximate surface area is 101 Å². The number of hydrogen-bond donors (Lipinski definition) is 1. The molecule has 0 spiro atoms. The van der Waals surface area contributed by atoms with Gasteiger partial charge in [-0.15, -0.1) is 0 Å². The molecule has 4 nitrogen and oxygen atoms in total. The van der Waals surface area contributed by atoms with Crippen molar-refractivity contribution in [2.75, 3.05) is 12.4 Å². The van der Waals surface area contributed by atoms with Gasteiger partial charge in [0.1, 0.15) is 11.6 Å². The lowest BCUT2D eigenvalue weighted by Crippen LogP contribution is -2.05. The topological polar surface area (TPSA) is 50.7 Å². The van der Waals surface area contributed by atoms with Crippen LogP contribution >= 0.6 is 0 Å². The minimum Gasteiger partial charge on any atom is -0.373 e. The third-order valence-electron chi connectivity index (χ3n) is 2.78. The zero-order valence-electron chi connectivity index (χ0n) is 10.4. The first-order chi connectivity index (χ1) is 8.20. The highest BCUT2D eigenvalue weighted by molar-refractivity contribution is 5.45. The Morgan fingerprint density at radius 3 is 2.47 bits per heavy atom. The van der Waals surface area contributed by atoms with Crippen LogP contribution in [-0.2, 0) is 6.42 Å². The van der Waals surface area contributed by atoms with Crippen LogP contribution in [0, 0.1) is 13.8 Å². The van der Waals surface area contributed by atoms with Crippen molar-refractivity contribution < 1.29 is 0 Å². The number of nitrogens with zero attached hydrogens (tertiary/aromatic N) is 3. The van der Waals surface area contributed by atoms with Gasteiger partial charge in [0.05, 0.1) is 0 Å². The molecule has 0 atom stereocenters. The van der Waals surface area contributed by atoms with Gasteiger partial charge >= 0.3 is 0 Å². The van der Waals surface area contributed by atoms with E-state index >= 15 is 0 Å². The van der Waals surface area contributed by atoms with Crippen molar-refractivity contribution in [1.82, 2.24) is 15.0 Å². The molecule has 0 saturated heterocycles. The largest absolute Gasteiger partial charge is 0.373 e. The van der Waals surface area contributed by atoms with E-state index < -0.39 is 0 Å². The molecule has 2 heterocycles. The second-order valence-corrected chi connectivity index (χ2v) is 3.98. The molecule has 0 radical (unpaired) electrons. The highest BCUT2D eigenvalue weighted by atomic mass is 15.0. The summed E-state index contributed by atoms with van der Waals surface area (Å²) < 4.78 is 0. The van der Waals surface area contributed by atoms with Crippen molar-refractivity contribution in [3.63, 3.8) is 0 Å². The smallest absolute Gasteiger partial charge is 0.135 e. The average Bonchev–Trinajstić information content (AvgIpc) is 2.35. The van der Waals surface area contributed by atoms with Gasteiger partial charge in [-0.1, -0.05) is 0 Å². The third-order valence-corrected chi connectivity index (χ3v) is 2.78. The lowest BCUT2D eigenvalue weighted by Gasteiger charge is -2.09. The summed E-state index contributed by atoms with van der Waals surface area (Å²) in [6.07, 6.45) is 4.31. The van der Waals surface area contributed by atoms with Crippen LogP contribution in [-0.4, -0.2) is 22.0 Å². The van der Waals surface area contributed by atoms with Gasteiger partial charge in [-0.05, 0) is 31.5 Å². The number of anilines is 1. The fraction of sp³-hybridized carbons (Fsp3) is 0.308. The lowest BCUT2D eigenvalue weighted by molar-refractivity contribution is 0.927. The summed E-state index contributed by atoms with van der Waals surface area (Å²) >= 11 is 0. The second-order valence-electron chi connectivity index (χ2n) is 3.98. The van der Waals surface area contributed by atoms with E-state index in [1.54, 1.807) is 12.4 Å². The Balaban J connectivity index is 2.31. The molecule has 2 aromatic rings. The van der Waals surface area contributed by atoms with E-state index in [0.29, 0.717) is 0 Å². The zero-order valence-corrected chi connectivity index (χ0v) is 10.4. The number of pyridine rings is 1. The Bertz CT molecular complexity index is 508. The maximum atomic E-state index is 4.51. The summed E-state index contributed by atoms with van der Waals surface area (Å²) in [7, 11) is 1.88. The highest BCUT2D eigenvalue weighted by Gasteiger charge is 2.07. The van der Waals surface area contributed by atoms with E-state index in [4.69, 9.17) is 0 Å². The monoisotopic (exact) mass is 228 g/mol. The number of hydrogen-bond acceptors (Lipinski definition) is 4. The third kappa shape index (κ3) is 2.58. The maximum Gasteiger partial charge on any atom is 0.135 e. The van der Waals surface area contributed by atoms with E-state index in [9.17, 15) is 0 Å². The normalized spacial score (nSPS) is 10.3. The molecule has 0 saturated carbocycles. The molecule has 0 fully saturated rings. The first kappa shape index (κ1) is 11.5. The van der Waals surface area contributed by atoms with Crippen LogP contribution in [0.4, 0.5) is 5.82 Å². The number of aromatic nitrogens is 3. The van der Waals surface area contributed by atoms with Gasteiger partial charge in [0.15, 0.2) is 0 Å². The maximum absolute atomic E-state index is 4.51. The van der Waals surface area contributed by atoms with Gasteiger partial charge in [-0.3, -0.25) is 4.98 Å². The van der Waals surface area contributed by atoms with Gasteiger partial charge in [0.2, 0.25) is 0 Å². The first-order valence-corrected chi connectivity index (χ1v) is 5.61. The zero-order chi connectivity index (χ0) is 12.3. The molecule has 2 rings (SSSR count). The molecule has 0 aromatic carbocycles. The van der Waals surface area contributed by atoms with E-state index in [1.165, 1.54) is 5.56 Å². The van der Waals surface area contributed by atoms with Crippen molar-refractivity contribution in [2.45, 2.75) is 20.3 Å². The molecule has 0 amide bonds. The van der Waals surface area contributed by atoms with Crippen molar-refractivity contribution in [3.05, 3.63) is 47.2 Å². The van der Waals surface area contributed by atoms with Crippen LogP contribution < -0.4 is 5.32 Å². The van der Waals surface area contributed by atoms with Crippen molar-refractivity contribution in [3.8, 4) is 0 Å². The summed E-state index contributed by atoms with van der Waals surface area (Å²) in [5, 5.41) is 3.10. The molecular formula is C13H16N4. The number of aryl methyl sites for hydroxylation is 1. The van der Waals surface area contributed by atoms with Gasteiger partial charge in [-0.25, -0.2) is 9.97 Å². The average molecular weight is 228 g/mol. The van der Waals surface area contributed by atoms with Crippen molar-refractivity contribution in [2.24, 2.45) is 0 Å². The number of rotatable bonds is 3. The van der Waals surface area contributed by atoms with E-state index in [0.717, 1.165) is 29.3 Å². The molecule has 0 bridgehead atoms. The molecule has 0 aliphatic rings. The number of nitrogens with one attached hydrogen (secondary N) is 1. The molecule has 4 heteroatoms. The molecule has 2 aromatic heterocycles. The Morgan fingerprint density at radius 2 is 1.82 bits per heavy atom. The minimum atomic E-state index is 0.734. The Morgan fingerprint density at radius 1 is 1.12 bits per heavy atom. The van der Waals surface area contributed by atoms with E-state index in [-0.39, 0.29) is 0 Å². The van der Waals surface area contributed by atoms with Gasteiger partial charge in [-0.2, -0.15) is 0 Å². The lowest BCUT2D eigenvalue weighted by atomic mass is 10.2. The molecule has 0 unspecified atom stereocenters. The fourth-order valence-corrected chi connectivity index (χ4v) is 1.69. The highest BCUT2D eigenvalue weighted by Crippen LogP contribution is 2.15. The van der Waals surface area contributed by atoms with Gasteiger partial charge in [0.25, 0.3) is 0 Å².